The molecule has 0 spiro atoms. The van der Waals surface area contributed by atoms with Crippen LogP contribution in [-0.2, 0) is 4.74 Å². The van der Waals surface area contributed by atoms with Gasteiger partial charge in [0.2, 0.25) is 0 Å². The molecule has 0 aromatic heterocycles. The van der Waals surface area contributed by atoms with E-state index in [9.17, 15) is 0 Å². The summed E-state index contributed by atoms with van der Waals surface area (Å²) in [6, 6.07) is 0. The zero-order valence-electron chi connectivity index (χ0n) is 6.81. The minimum Gasteiger partial charge on any atom is -0.381 e. The first-order valence-corrected chi connectivity index (χ1v) is 4.33. The number of nitrogens with two attached hydrogens (primary N) is 1. The smallest absolute Gasteiger partial charge is 0.0806 e. The molecular formula is C8H18NO+. The summed E-state index contributed by atoms with van der Waals surface area (Å²) in [7, 11) is 0. The first-order valence-electron chi connectivity index (χ1n) is 4.33. The van der Waals surface area contributed by atoms with Crippen molar-refractivity contribution in [3.8, 4) is 0 Å². The molecule has 1 fully saturated rings. The maximum Gasteiger partial charge on any atom is 0.0806 e. The Labute approximate surface area is 63.0 Å². The Morgan fingerprint density at radius 2 is 2.50 bits per heavy atom. The van der Waals surface area contributed by atoms with E-state index in [0.717, 1.165) is 19.1 Å². The van der Waals surface area contributed by atoms with Crippen LogP contribution in [0.2, 0.25) is 0 Å². The van der Waals surface area contributed by atoms with Gasteiger partial charge in [0.25, 0.3) is 0 Å². The quantitative estimate of drug-likeness (QED) is 0.592. The van der Waals surface area contributed by atoms with Crippen molar-refractivity contribution in [2.45, 2.75) is 19.8 Å². The first kappa shape index (κ1) is 8.02. The molecule has 1 unspecified atom stereocenters. The van der Waals surface area contributed by atoms with Crippen molar-refractivity contribution >= 4 is 0 Å². The van der Waals surface area contributed by atoms with Crippen LogP contribution in [0.5, 0.6) is 0 Å². The average molecular weight is 144 g/mol. The monoisotopic (exact) mass is 144 g/mol. The van der Waals surface area contributed by atoms with Gasteiger partial charge in [-0.2, -0.15) is 0 Å². The average Bonchev–Trinajstić information content (AvgIpc) is 2.03. The summed E-state index contributed by atoms with van der Waals surface area (Å²) in [5.41, 5.74) is 0. The lowest BCUT2D eigenvalue weighted by atomic mass is 10.0. The maximum absolute atomic E-state index is 5.35. The van der Waals surface area contributed by atoms with Crippen molar-refractivity contribution in [1.29, 1.82) is 0 Å². The molecule has 0 saturated carbocycles. The number of quaternary nitrogens is 1. The zero-order chi connectivity index (χ0) is 7.23. The van der Waals surface area contributed by atoms with E-state index in [0.29, 0.717) is 0 Å². The van der Waals surface area contributed by atoms with Crippen molar-refractivity contribution in [1.82, 2.24) is 0 Å². The van der Waals surface area contributed by atoms with Gasteiger partial charge in [-0.05, 0) is 19.8 Å². The standard InChI is InChI=1S/C8H17NO/c1-2-10-7-8-4-3-5-9-6-8/h8-9H,2-7H2,1H3/p+1. The Kier molecular flexibility index (Phi) is 3.76. The van der Waals surface area contributed by atoms with E-state index in [-0.39, 0.29) is 0 Å². The molecule has 1 aliphatic heterocycles. The van der Waals surface area contributed by atoms with E-state index in [1.54, 1.807) is 0 Å². The Morgan fingerprint density at radius 1 is 1.60 bits per heavy atom. The van der Waals surface area contributed by atoms with Crippen molar-refractivity contribution in [3.05, 3.63) is 0 Å². The van der Waals surface area contributed by atoms with Crippen LogP contribution < -0.4 is 5.32 Å². The minimum atomic E-state index is 0.827. The van der Waals surface area contributed by atoms with Crippen LogP contribution in [0.1, 0.15) is 19.8 Å². The molecule has 1 rings (SSSR count). The van der Waals surface area contributed by atoms with E-state index >= 15 is 0 Å². The fourth-order valence-electron chi connectivity index (χ4n) is 1.46. The van der Waals surface area contributed by atoms with E-state index in [4.69, 9.17) is 4.74 Å². The molecule has 10 heavy (non-hydrogen) atoms. The Balaban J connectivity index is 2.02. The molecule has 0 aromatic carbocycles. The molecule has 1 aliphatic rings. The number of piperidine rings is 1. The highest BCUT2D eigenvalue weighted by molar-refractivity contribution is 4.58. The Bertz CT molecular complexity index is 79.3. The molecule has 0 aliphatic carbocycles. The fourth-order valence-corrected chi connectivity index (χ4v) is 1.46. The summed E-state index contributed by atoms with van der Waals surface area (Å²) in [6.45, 7) is 6.51. The number of hydrogen-bond acceptors (Lipinski definition) is 1. The van der Waals surface area contributed by atoms with Gasteiger partial charge in [0.15, 0.2) is 0 Å². The van der Waals surface area contributed by atoms with Crippen molar-refractivity contribution in [3.63, 3.8) is 0 Å². The largest absolute Gasteiger partial charge is 0.381 e. The van der Waals surface area contributed by atoms with Gasteiger partial charge in [0.05, 0.1) is 19.7 Å². The third kappa shape index (κ3) is 2.67. The second-order valence-electron chi connectivity index (χ2n) is 2.98. The van der Waals surface area contributed by atoms with Gasteiger partial charge in [-0.25, -0.2) is 0 Å². The van der Waals surface area contributed by atoms with Crippen LogP contribution in [0.15, 0.2) is 0 Å². The van der Waals surface area contributed by atoms with Crippen molar-refractivity contribution < 1.29 is 10.1 Å². The Hall–Kier alpha value is -0.0800. The normalized spacial score (nSPS) is 26.7. The van der Waals surface area contributed by atoms with Crippen LogP contribution in [-0.4, -0.2) is 26.3 Å². The molecule has 0 aromatic rings. The topological polar surface area (TPSA) is 25.8 Å². The predicted molar refractivity (Wildman–Crippen MR) is 40.9 cm³/mol. The second-order valence-corrected chi connectivity index (χ2v) is 2.98. The van der Waals surface area contributed by atoms with Gasteiger partial charge < -0.3 is 10.1 Å². The first-order chi connectivity index (χ1) is 4.93. The summed E-state index contributed by atoms with van der Waals surface area (Å²) >= 11 is 0. The zero-order valence-corrected chi connectivity index (χ0v) is 6.81. The predicted octanol–water partition coefficient (Wildman–Crippen LogP) is -0.00370. The Morgan fingerprint density at radius 3 is 3.10 bits per heavy atom. The molecule has 0 amide bonds. The van der Waals surface area contributed by atoms with Gasteiger partial charge >= 0.3 is 0 Å². The highest BCUT2D eigenvalue weighted by atomic mass is 16.5. The van der Waals surface area contributed by atoms with Crippen LogP contribution in [0.3, 0.4) is 0 Å². The van der Waals surface area contributed by atoms with E-state index < -0.39 is 0 Å². The molecule has 1 saturated heterocycles. The lowest BCUT2D eigenvalue weighted by Gasteiger charge is -2.19. The molecule has 0 radical (unpaired) electrons. The van der Waals surface area contributed by atoms with E-state index in [1.807, 2.05) is 0 Å². The van der Waals surface area contributed by atoms with Crippen LogP contribution in [0, 0.1) is 5.92 Å². The summed E-state index contributed by atoms with van der Waals surface area (Å²) in [5, 5.41) is 2.40. The third-order valence-corrected chi connectivity index (χ3v) is 2.08. The third-order valence-electron chi connectivity index (χ3n) is 2.08. The molecule has 2 heteroatoms. The SMILES string of the molecule is CCOCC1CCC[NH2+]C1. The number of rotatable bonds is 3. The second kappa shape index (κ2) is 4.69. The summed E-state index contributed by atoms with van der Waals surface area (Å²) in [6.07, 6.45) is 2.74. The van der Waals surface area contributed by atoms with Crippen LogP contribution >= 0.6 is 0 Å². The summed E-state index contributed by atoms with van der Waals surface area (Å²) < 4.78 is 5.35. The van der Waals surface area contributed by atoms with Gasteiger partial charge in [-0.3, -0.25) is 0 Å². The minimum absolute atomic E-state index is 0.827. The molecule has 2 nitrogen and oxygen atoms in total. The van der Waals surface area contributed by atoms with Gasteiger partial charge in [-0.15, -0.1) is 0 Å². The van der Waals surface area contributed by atoms with Crippen molar-refractivity contribution in [2.75, 3.05) is 26.3 Å². The lowest BCUT2D eigenvalue weighted by molar-refractivity contribution is -0.669. The molecule has 2 N–H and O–H groups in total. The molecule has 1 heterocycles. The van der Waals surface area contributed by atoms with Gasteiger partial charge in [0, 0.05) is 12.5 Å². The number of hydrogen-bond donors (Lipinski definition) is 1. The van der Waals surface area contributed by atoms with Crippen LogP contribution in [0.25, 0.3) is 0 Å². The summed E-state index contributed by atoms with van der Waals surface area (Å²) in [5.74, 6) is 0.827. The molecule has 1 atom stereocenters. The molecule has 60 valence electrons. The van der Waals surface area contributed by atoms with Gasteiger partial charge in [-0.1, -0.05) is 0 Å². The highest BCUT2D eigenvalue weighted by Gasteiger charge is 2.14. The fraction of sp³-hybridized carbons (Fsp3) is 1.00. The highest BCUT2D eigenvalue weighted by Crippen LogP contribution is 2.05. The van der Waals surface area contributed by atoms with Crippen molar-refractivity contribution in [2.24, 2.45) is 5.92 Å². The number of ether oxygens (including phenoxy) is 1. The molecule has 0 bridgehead atoms. The lowest BCUT2D eigenvalue weighted by Crippen LogP contribution is -2.87. The van der Waals surface area contributed by atoms with E-state index in [1.165, 1.54) is 25.9 Å². The van der Waals surface area contributed by atoms with E-state index in [2.05, 4.69) is 12.2 Å². The maximum atomic E-state index is 5.35. The summed E-state index contributed by atoms with van der Waals surface area (Å²) in [4.78, 5) is 0. The van der Waals surface area contributed by atoms with Gasteiger partial charge in [0.1, 0.15) is 0 Å². The van der Waals surface area contributed by atoms with Crippen LogP contribution in [0.4, 0.5) is 0 Å². The molecular weight excluding hydrogens is 126 g/mol.